The van der Waals surface area contributed by atoms with Crippen molar-refractivity contribution >= 4 is 27.3 Å². The van der Waals surface area contributed by atoms with Crippen molar-refractivity contribution in [3.05, 3.63) is 11.2 Å². The number of aromatic carboxylic acids is 1. The minimum absolute atomic E-state index is 0.157. The summed E-state index contributed by atoms with van der Waals surface area (Å²) in [6.07, 6.45) is 2.95. The number of carboxylic acid groups (broad SMARTS) is 1. The summed E-state index contributed by atoms with van der Waals surface area (Å²) < 4.78 is 26.2. The number of sulfonamides is 1. The van der Waals surface area contributed by atoms with Crippen molar-refractivity contribution in [3.63, 3.8) is 0 Å². The summed E-state index contributed by atoms with van der Waals surface area (Å²) in [6.45, 7) is 0.347. The van der Waals surface area contributed by atoms with Crippen molar-refractivity contribution in [1.29, 1.82) is 0 Å². The van der Waals surface area contributed by atoms with Crippen LogP contribution >= 0.6 is 11.3 Å². The van der Waals surface area contributed by atoms with Crippen LogP contribution in [-0.4, -0.2) is 66.9 Å². The van der Waals surface area contributed by atoms with Gasteiger partial charge in [0.05, 0.1) is 5.51 Å². The molecule has 1 aromatic rings. The molecule has 0 bridgehead atoms. The van der Waals surface area contributed by atoms with Crippen molar-refractivity contribution in [3.8, 4) is 0 Å². The van der Waals surface area contributed by atoms with Gasteiger partial charge in [-0.05, 0) is 33.4 Å². The van der Waals surface area contributed by atoms with E-state index >= 15 is 0 Å². The van der Waals surface area contributed by atoms with Gasteiger partial charge >= 0.3 is 5.97 Å². The lowest BCUT2D eigenvalue weighted by molar-refractivity contribution is 0.0455. The van der Waals surface area contributed by atoms with E-state index in [2.05, 4.69) is 4.98 Å². The van der Waals surface area contributed by atoms with E-state index < -0.39 is 21.7 Å². The predicted octanol–water partition coefficient (Wildman–Crippen LogP) is 0.946. The first-order valence-corrected chi connectivity index (χ1v) is 8.83. The number of likely N-dealkylation sites (N-methyl/N-ethyl adjacent to an activating group) is 2. The van der Waals surface area contributed by atoms with Crippen molar-refractivity contribution in [2.24, 2.45) is 0 Å². The zero-order valence-corrected chi connectivity index (χ0v) is 13.9. The Morgan fingerprint density at radius 1 is 1.43 bits per heavy atom. The van der Waals surface area contributed by atoms with Crippen LogP contribution in [0.15, 0.2) is 9.72 Å². The molecule has 1 aliphatic rings. The first-order valence-electron chi connectivity index (χ1n) is 6.51. The molecular formula is C12H19N3O4S2. The van der Waals surface area contributed by atoms with Gasteiger partial charge in [0, 0.05) is 19.1 Å². The van der Waals surface area contributed by atoms with Crippen LogP contribution in [0.1, 0.15) is 29.8 Å². The molecule has 0 spiro atoms. The van der Waals surface area contributed by atoms with Crippen molar-refractivity contribution < 1.29 is 18.3 Å². The van der Waals surface area contributed by atoms with Crippen LogP contribution in [0, 0.1) is 0 Å². The van der Waals surface area contributed by atoms with Gasteiger partial charge in [0.25, 0.3) is 10.0 Å². The molecule has 21 heavy (non-hydrogen) atoms. The van der Waals surface area contributed by atoms with E-state index in [1.807, 2.05) is 19.0 Å². The Kier molecular flexibility index (Phi) is 4.39. The highest BCUT2D eigenvalue weighted by Gasteiger charge is 2.43. The SMILES string of the molecule is CN(C)C1(CN(C)S(=O)(=O)c2scnc2C(=O)O)CCC1. The van der Waals surface area contributed by atoms with E-state index in [0.717, 1.165) is 30.6 Å². The number of hydrogen-bond donors (Lipinski definition) is 1. The summed E-state index contributed by atoms with van der Waals surface area (Å²) in [6, 6.07) is 0. The molecule has 1 heterocycles. The second-order valence-electron chi connectivity index (χ2n) is 5.53. The van der Waals surface area contributed by atoms with Gasteiger partial charge < -0.3 is 10.0 Å². The molecule has 1 aromatic heterocycles. The number of carbonyl (C=O) groups is 1. The van der Waals surface area contributed by atoms with E-state index in [-0.39, 0.29) is 9.75 Å². The van der Waals surface area contributed by atoms with E-state index in [9.17, 15) is 13.2 Å². The van der Waals surface area contributed by atoms with E-state index in [4.69, 9.17) is 5.11 Å². The lowest BCUT2D eigenvalue weighted by Gasteiger charge is -2.48. The Morgan fingerprint density at radius 3 is 2.48 bits per heavy atom. The molecule has 2 rings (SSSR count). The Balaban J connectivity index is 2.27. The number of rotatable bonds is 6. The molecule has 118 valence electrons. The van der Waals surface area contributed by atoms with E-state index in [1.165, 1.54) is 16.9 Å². The van der Waals surface area contributed by atoms with Crippen LogP contribution in [0.5, 0.6) is 0 Å². The van der Waals surface area contributed by atoms with Crippen LogP contribution in [0.3, 0.4) is 0 Å². The number of hydrogen-bond acceptors (Lipinski definition) is 6. The Labute approximate surface area is 128 Å². The van der Waals surface area contributed by atoms with Crippen LogP contribution in [0.2, 0.25) is 0 Å². The second kappa shape index (κ2) is 5.64. The molecular weight excluding hydrogens is 314 g/mol. The minimum atomic E-state index is -3.83. The Hall–Kier alpha value is -1.03. The maximum atomic E-state index is 12.6. The summed E-state index contributed by atoms with van der Waals surface area (Å²) in [5.74, 6) is -1.32. The van der Waals surface area contributed by atoms with Crippen molar-refractivity contribution in [2.45, 2.75) is 29.0 Å². The minimum Gasteiger partial charge on any atom is -0.476 e. The van der Waals surface area contributed by atoms with Crippen LogP contribution in [0.4, 0.5) is 0 Å². The van der Waals surface area contributed by atoms with Gasteiger partial charge in [0.2, 0.25) is 0 Å². The average Bonchev–Trinajstić information content (AvgIpc) is 2.82. The maximum Gasteiger partial charge on any atom is 0.356 e. The van der Waals surface area contributed by atoms with E-state index in [1.54, 1.807) is 0 Å². The second-order valence-corrected chi connectivity index (χ2v) is 8.62. The standard InChI is InChI=1S/C12H19N3O4S2/c1-14(2)12(5-4-6-12)7-15(3)21(18,19)11-9(10(16)17)13-8-20-11/h8H,4-7H2,1-3H3,(H,16,17). The first kappa shape index (κ1) is 16.3. The Morgan fingerprint density at radius 2 is 2.05 bits per heavy atom. The smallest absolute Gasteiger partial charge is 0.356 e. The topological polar surface area (TPSA) is 90.8 Å². The summed E-state index contributed by atoms with van der Waals surface area (Å²) in [5, 5.41) is 9.03. The zero-order valence-electron chi connectivity index (χ0n) is 12.2. The zero-order chi connectivity index (χ0) is 15.8. The molecule has 9 heteroatoms. The van der Waals surface area contributed by atoms with Gasteiger partial charge in [0.15, 0.2) is 9.90 Å². The number of nitrogens with zero attached hydrogens (tertiary/aromatic N) is 3. The quantitative estimate of drug-likeness (QED) is 0.833. The monoisotopic (exact) mass is 333 g/mol. The fourth-order valence-corrected chi connectivity index (χ4v) is 5.11. The lowest BCUT2D eigenvalue weighted by atomic mass is 9.75. The highest BCUT2D eigenvalue weighted by Crippen LogP contribution is 2.38. The number of aromatic nitrogens is 1. The largest absolute Gasteiger partial charge is 0.476 e. The van der Waals surface area contributed by atoms with Crippen molar-refractivity contribution in [1.82, 2.24) is 14.2 Å². The van der Waals surface area contributed by atoms with Crippen LogP contribution in [0.25, 0.3) is 0 Å². The van der Waals surface area contributed by atoms with Gasteiger partial charge in [-0.15, -0.1) is 11.3 Å². The molecule has 0 unspecified atom stereocenters. The average molecular weight is 333 g/mol. The van der Waals surface area contributed by atoms with Gasteiger partial charge in [-0.3, -0.25) is 0 Å². The summed E-state index contributed by atoms with van der Waals surface area (Å²) in [5.41, 5.74) is 0.685. The molecule has 0 saturated heterocycles. The van der Waals surface area contributed by atoms with Gasteiger partial charge in [-0.1, -0.05) is 0 Å². The number of thiazole rings is 1. The highest BCUT2D eigenvalue weighted by molar-refractivity contribution is 7.91. The molecule has 1 fully saturated rings. The molecule has 0 atom stereocenters. The normalized spacial score (nSPS) is 18.0. The molecule has 1 aliphatic carbocycles. The number of carboxylic acids is 1. The Bertz CT molecular complexity index is 635. The molecule has 1 saturated carbocycles. The fourth-order valence-electron chi connectivity index (χ4n) is 2.53. The molecule has 7 nitrogen and oxygen atoms in total. The first-order chi connectivity index (χ1) is 9.70. The van der Waals surface area contributed by atoms with Crippen LogP contribution in [-0.2, 0) is 10.0 Å². The van der Waals surface area contributed by atoms with E-state index in [0.29, 0.717) is 6.54 Å². The van der Waals surface area contributed by atoms with Gasteiger partial charge in [0.1, 0.15) is 0 Å². The molecule has 1 N–H and O–H groups in total. The summed E-state index contributed by atoms with van der Waals surface area (Å²) in [4.78, 5) is 16.7. The predicted molar refractivity (Wildman–Crippen MR) is 79.2 cm³/mol. The molecule has 0 radical (unpaired) electrons. The summed E-state index contributed by atoms with van der Waals surface area (Å²) >= 11 is 0.838. The van der Waals surface area contributed by atoms with Crippen molar-refractivity contribution in [2.75, 3.05) is 27.7 Å². The lowest BCUT2D eigenvalue weighted by Crippen LogP contribution is -2.57. The highest BCUT2D eigenvalue weighted by atomic mass is 32.2. The molecule has 0 aliphatic heterocycles. The molecule has 0 amide bonds. The third-order valence-corrected chi connectivity index (χ3v) is 7.28. The third kappa shape index (κ3) is 2.83. The van der Waals surface area contributed by atoms with Gasteiger partial charge in [-0.25, -0.2) is 18.2 Å². The summed E-state index contributed by atoms with van der Waals surface area (Å²) in [7, 11) is 1.54. The third-order valence-electron chi connectivity index (χ3n) is 4.13. The fraction of sp³-hybridized carbons (Fsp3) is 0.667. The maximum absolute atomic E-state index is 12.6. The molecule has 0 aromatic carbocycles. The van der Waals surface area contributed by atoms with Gasteiger partial charge in [-0.2, -0.15) is 4.31 Å². The van der Waals surface area contributed by atoms with Crippen LogP contribution < -0.4 is 0 Å².